The van der Waals surface area contributed by atoms with Crippen molar-refractivity contribution in [2.24, 2.45) is 5.92 Å². The van der Waals surface area contributed by atoms with Gasteiger partial charge in [-0.15, -0.1) is 0 Å². The van der Waals surface area contributed by atoms with Crippen molar-refractivity contribution in [2.75, 3.05) is 26.2 Å². The highest BCUT2D eigenvalue weighted by Gasteiger charge is 2.31. The van der Waals surface area contributed by atoms with Crippen LogP contribution in [0.1, 0.15) is 54.6 Å². The van der Waals surface area contributed by atoms with Crippen molar-refractivity contribution in [3.8, 4) is 0 Å². The topological polar surface area (TPSA) is 56.4 Å². The van der Waals surface area contributed by atoms with Crippen molar-refractivity contribution in [3.05, 3.63) is 35.5 Å². The number of H-pyrrole nitrogens is 1. The summed E-state index contributed by atoms with van der Waals surface area (Å²) in [5.41, 5.74) is 2.83. The van der Waals surface area contributed by atoms with E-state index in [0.717, 1.165) is 49.7 Å². The third kappa shape index (κ3) is 3.87. The van der Waals surface area contributed by atoms with Crippen molar-refractivity contribution in [1.82, 2.24) is 14.8 Å². The van der Waals surface area contributed by atoms with E-state index in [1.54, 1.807) is 0 Å². The second-order valence-electron chi connectivity index (χ2n) is 8.08. The lowest BCUT2D eigenvalue weighted by molar-refractivity contribution is -0.136. The fourth-order valence-electron chi connectivity index (χ4n) is 4.41. The smallest absolute Gasteiger partial charge is 0.270 e. The van der Waals surface area contributed by atoms with Gasteiger partial charge < -0.3 is 14.8 Å². The number of nitrogens with one attached hydrogen (secondary N) is 1. The van der Waals surface area contributed by atoms with Crippen LogP contribution in [0.2, 0.25) is 0 Å². The first-order valence-electron chi connectivity index (χ1n) is 10.3. The van der Waals surface area contributed by atoms with E-state index in [9.17, 15) is 9.59 Å². The van der Waals surface area contributed by atoms with Gasteiger partial charge in [-0.3, -0.25) is 9.59 Å². The number of carbonyl (C=O) groups excluding carboxylic acids is 2. The Balaban J connectivity index is 1.37. The van der Waals surface area contributed by atoms with Crippen LogP contribution in [0.5, 0.6) is 0 Å². The number of aromatic nitrogens is 1. The summed E-state index contributed by atoms with van der Waals surface area (Å²) in [6, 6.07) is 8.11. The van der Waals surface area contributed by atoms with Gasteiger partial charge in [0.15, 0.2) is 0 Å². The van der Waals surface area contributed by atoms with Gasteiger partial charge in [-0.25, -0.2) is 0 Å². The van der Waals surface area contributed by atoms with E-state index in [0.29, 0.717) is 24.7 Å². The van der Waals surface area contributed by atoms with Gasteiger partial charge >= 0.3 is 0 Å². The lowest BCUT2D eigenvalue weighted by Crippen LogP contribution is -2.44. The number of hydrogen-bond acceptors (Lipinski definition) is 2. The van der Waals surface area contributed by atoms with Crippen LogP contribution in [0.3, 0.4) is 0 Å². The average molecular weight is 367 g/mol. The molecule has 2 aliphatic rings. The summed E-state index contributed by atoms with van der Waals surface area (Å²) in [6.45, 7) is 5.20. The third-order valence-electron chi connectivity index (χ3n) is 6.06. The summed E-state index contributed by atoms with van der Waals surface area (Å²) in [6.07, 6.45) is 6.29. The molecule has 2 aliphatic heterocycles. The Hall–Kier alpha value is -2.30. The van der Waals surface area contributed by atoms with E-state index in [4.69, 9.17) is 0 Å². The number of benzene rings is 1. The standard InChI is InChI=1S/C22H29N3O2/c1-16-6-7-18-15-20(23-19(18)14-16)22(27)25-12-8-17(9-13-25)21(26)24-10-4-2-3-5-11-24/h6-7,14-15,17,23H,2-5,8-13H2,1H3. The maximum absolute atomic E-state index is 12.9. The molecule has 1 aromatic carbocycles. The van der Waals surface area contributed by atoms with Crippen molar-refractivity contribution >= 4 is 22.7 Å². The number of aryl methyl sites for hydroxylation is 1. The highest BCUT2D eigenvalue weighted by atomic mass is 16.2. The summed E-state index contributed by atoms with van der Waals surface area (Å²) in [5.74, 6) is 0.437. The number of hydrogen-bond donors (Lipinski definition) is 1. The van der Waals surface area contributed by atoms with Crippen molar-refractivity contribution in [2.45, 2.75) is 45.4 Å². The molecule has 0 spiro atoms. The molecule has 5 nitrogen and oxygen atoms in total. The van der Waals surface area contributed by atoms with Gasteiger partial charge in [0.1, 0.15) is 5.69 Å². The molecule has 0 radical (unpaired) electrons. The van der Waals surface area contributed by atoms with E-state index in [1.165, 1.54) is 18.4 Å². The fourth-order valence-corrected chi connectivity index (χ4v) is 4.41. The predicted octanol–water partition coefficient (Wildman–Crippen LogP) is 3.73. The minimum Gasteiger partial charge on any atom is -0.351 e. The second kappa shape index (κ2) is 7.75. The number of rotatable bonds is 2. The molecule has 1 aromatic heterocycles. The monoisotopic (exact) mass is 367 g/mol. The van der Waals surface area contributed by atoms with Crippen LogP contribution in [-0.4, -0.2) is 52.8 Å². The Morgan fingerprint density at radius 3 is 2.33 bits per heavy atom. The molecule has 2 fully saturated rings. The minimum absolute atomic E-state index is 0.0459. The molecule has 0 bridgehead atoms. The highest BCUT2D eigenvalue weighted by Crippen LogP contribution is 2.24. The molecular formula is C22H29N3O2. The van der Waals surface area contributed by atoms with Gasteiger partial charge in [-0.05, 0) is 50.3 Å². The molecule has 4 rings (SSSR count). The number of piperidine rings is 1. The number of aromatic amines is 1. The van der Waals surface area contributed by atoms with Crippen LogP contribution in [0.4, 0.5) is 0 Å². The highest BCUT2D eigenvalue weighted by molar-refractivity contribution is 5.98. The molecule has 0 saturated carbocycles. The van der Waals surface area contributed by atoms with Crippen LogP contribution < -0.4 is 0 Å². The lowest BCUT2D eigenvalue weighted by atomic mass is 9.95. The molecule has 5 heteroatoms. The first-order valence-corrected chi connectivity index (χ1v) is 10.3. The maximum atomic E-state index is 12.9. The third-order valence-corrected chi connectivity index (χ3v) is 6.06. The van der Waals surface area contributed by atoms with Gasteiger partial charge in [0.25, 0.3) is 5.91 Å². The van der Waals surface area contributed by atoms with E-state index in [-0.39, 0.29) is 11.8 Å². The second-order valence-corrected chi connectivity index (χ2v) is 8.08. The van der Waals surface area contributed by atoms with Gasteiger partial charge in [0.05, 0.1) is 0 Å². The molecule has 2 saturated heterocycles. The van der Waals surface area contributed by atoms with Gasteiger partial charge in [0.2, 0.25) is 5.91 Å². The zero-order valence-corrected chi connectivity index (χ0v) is 16.2. The van der Waals surface area contributed by atoms with E-state index < -0.39 is 0 Å². The van der Waals surface area contributed by atoms with Gasteiger partial charge in [-0.2, -0.15) is 0 Å². The number of amides is 2. The quantitative estimate of drug-likeness (QED) is 0.879. The Morgan fingerprint density at radius 1 is 0.926 bits per heavy atom. The first-order chi connectivity index (χ1) is 13.1. The normalized spacial score (nSPS) is 19.3. The van der Waals surface area contributed by atoms with E-state index in [2.05, 4.69) is 22.0 Å². The van der Waals surface area contributed by atoms with E-state index >= 15 is 0 Å². The summed E-state index contributed by atoms with van der Waals surface area (Å²) in [5, 5.41) is 1.06. The Morgan fingerprint density at radius 2 is 1.63 bits per heavy atom. The van der Waals surface area contributed by atoms with Crippen molar-refractivity contribution in [3.63, 3.8) is 0 Å². The molecule has 3 heterocycles. The van der Waals surface area contributed by atoms with Crippen LogP contribution >= 0.6 is 0 Å². The number of likely N-dealkylation sites (tertiary alicyclic amines) is 2. The van der Waals surface area contributed by atoms with Crippen molar-refractivity contribution < 1.29 is 9.59 Å². The van der Waals surface area contributed by atoms with Crippen LogP contribution in [0.15, 0.2) is 24.3 Å². The molecule has 0 aliphatic carbocycles. The Labute approximate surface area is 160 Å². The zero-order valence-electron chi connectivity index (χ0n) is 16.2. The fraction of sp³-hybridized carbons (Fsp3) is 0.545. The van der Waals surface area contributed by atoms with Crippen LogP contribution in [-0.2, 0) is 4.79 Å². The van der Waals surface area contributed by atoms with Crippen LogP contribution in [0, 0.1) is 12.8 Å². The summed E-state index contributed by atoms with van der Waals surface area (Å²) >= 11 is 0. The number of carbonyl (C=O) groups is 2. The Bertz CT molecular complexity index is 825. The number of nitrogens with zero attached hydrogens (tertiary/aromatic N) is 2. The summed E-state index contributed by atoms with van der Waals surface area (Å²) < 4.78 is 0. The molecule has 2 aromatic rings. The van der Waals surface area contributed by atoms with Gasteiger partial charge in [-0.1, -0.05) is 25.0 Å². The van der Waals surface area contributed by atoms with Crippen LogP contribution in [0.25, 0.3) is 10.9 Å². The van der Waals surface area contributed by atoms with Gasteiger partial charge in [0, 0.05) is 43.0 Å². The molecule has 144 valence electrons. The zero-order chi connectivity index (χ0) is 18.8. The summed E-state index contributed by atoms with van der Waals surface area (Å²) in [4.78, 5) is 32.9. The van der Waals surface area contributed by atoms with E-state index in [1.807, 2.05) is 24.0 Å². The average Bonchev–Trinajstić information content (AvgIpc) is 2.92. The SMILES string of the molecule is Cc1ccc2cc(C(=O)N3CCC(C(=O)N4CCCCCC4)CC3)[nH]c2c1. The van der Waals surface area contributed by atoms with Crippen molar-refractivity contribution in [1.29, 1.82) is 0 Å². The predicted molar refractivity (Wildman–Crippen MR) is 107 cm³/mol. The molecule has 1 N–H and O–H groups in total. The molecule has 0 atom stereocenters. The first kappa shape index (κ1) is 18.1. The number of fused-ring (bicyclic) bond motifs is 1. The molecule has 2 amide bonds. The summed E-state index contributed by atoms with van der Waals surface area (Å²) in [7, 11) is 0. The molecule has 27 heavy (non-hydrogen) atoms. The lowest BCUT2D eigenvalue weighted by Gasteiger charge is -2.33. The molecule has 0 unspecified atom stereocenters. The molecular weight excluding hydrogens is 338 g/mol. The minimum atomic E-state index is 0.0459. The largest absolute Gasteiger partial charge is 0.351 e. The Kier molecular flexibility index (Phi) is 5.19. The maximum Gasteiger partial charge on any atom is 0.270 e.